The maximum Gasteiger partial charge on any atom is 0.171 e. The lowest BCUT2D eigenvalue weighted by molar-refractivity contribution is 0.297. The Bertz CT molecular complexity index is 397. The van der Waals surface area contributed by atoms with Gasteiger partial charge in [0, 0.05) is 18.8 Å². The molecule has 19 heavy (non-hydrogen) atoms. The number of methoxy groups -OCH3 is 1. The monoisotopic (exact) mass is 263 g/mol. The van der Waals surface area contributed by atoms with Crippen LogP contribution in [-0.4, -0.2) is 31.2 Å². The largest absolute Gasteiger partial charge is 0.493 e. The summed E-state index contributed by atoms with van der Waals surface area (Å²) in [4.78, 5) is 6.90. The third-order valence-corrected chi connectivity index (χ3v) is 4.16. The highest BCUT2D eigenvalue weighted by atomic mass is 16.5. The predicted octanol–water partition coefficient (Wildman–Crippen LogP) is 2.43. The maximum absolute atomic E-state index is 5.96. The van der Waals surface area contributed by atoms with Gasteiger partial charge >= 0.3 is 0 Å². The summed E-state index contributed by atoms with van der Waals surface area (Å²) in [5.74, 6) is 2.38. The number of aromatic nitrogens is 1. The van der Waals surface area contributed by atoms with E-state index in [0.717, 1.165) is 24.7 Å². The van der Waals surface area contributed by atoms with E-state index in [0.29, 0.717) is 12.0 Å². The molecule has 1 aromatic heterocycles. The Balaban J connectivity index is 2.27. The van der Waals surface area contributed by atoms with Crippen LogP contribution in [0.5, 0.6) is 5.75 Å². The van der Waals surface area contributed by atoms with Crippen molar-refractivity contribution in [2.75, 3.05) is 25.1 Å². The summed E-state index contributed by atoms with van der Waals surface area (Å²) in [6.07, 6.45) is 6.85. The van der Waals surface area contributed by atoms with Crippen molar-refractivity contribution in [2.45, 2.75) is 38.6 Å². The highest BCUT2D eigenvalue weighted by Gasteiger charge is 2.30. The summed E-state index contributed by atoms with van der Waals surface area (Å²) in [5.41, 5.74) is 5.96. The average Bonchev–Trinajstić information content (AvgIpc) is 2.49. The molecule has 1 saturated carbocycles. The van der Waals surface area contributed by atoms with Gasteiger partial charge in [-0.3, -0.25) is 0 Å². The van der Waals surface area contributed by atoms with Gasteiger partial charge in [0.25, 0.3) is 0 Å². The summed E-state index contributed by atoms with van der Waals surface area (Å²) in [5, 5.41) is 0. The zero-order valence-electron chi connectivity index (χ0n) is 12.0. The van der Waals surface area contributed by atoms with Crippen LogP contribution in [0.1, 0.15) is 32.6 Å². The van der Waals surface area contributed by atoms with Crippen molar-refractivity contribution in [2.24, 2.45) is 11.7 Å². The molecule has 4 nitrogen and oxygen atoms in total. The molecule has 2 rings (SSSR count). The quantitative estimate of drug-likeness (QED) is 0.886. The minimum atomic E-state index is 0.493. The third kappa shape index (κ3) is 3.00. The molecule has 1 aliphatic rings. The van der Waals surface area contributed by atoms with Crippen molar-refractivity contribution < 1.29 is 4.74 Å². The summed E-state index contributed by atoms with van der Waals surface area (Å²) in [6.45, 7) is 3.88. The Morgan fingerprint density at radius 2 is 2.21 bits per heavy atom. The Hall–Kier alpha value is -1.29. The molecule has 106 valence electrons. The highest BCUT2D eigenvalue weighted by molar-refractivity contribution is 5.53. The molecule has 1 aliphatic carbocycles. The fourth-order valence-electron chi connectivity index (χ4n) is 3.17. The average molecular weight is 263 g/mol. The first kappa shape index (κ1) is 14.1. The summed E-state index contributed by atoms with van der Waals surface area (Å²) >= 11 is 0. The van der Waals surface area contributed by atoms with E-state index in [1.54, 1.807) is 7.11 Å². The van der Waals surface area contributed by atoms with Gasteiger partial charge in [0.1, 0.15) is 0 Å². The van der Waals surface area contributed by atoms with Crippen molar-refractivity contribution in [3.05, 3.63) is 18.3 Å². The highest BCUT2D eigenvalue weighted by Crippen LogP contribution is 2.34. The van der Waals surface area contributed by atoms with Gasteiger partial charge in [-0.2, -0.15) is 0 Å². The fourth-order valence-corrected chi connectivity index (χ4v) is 3.17. The molecule has 2 unspecified atom stereocenters. The Labute approximate surface area is 116 Å². The van der Waals surface area contributed by atoms with E-state index < -0.39 is 0 Å². The smallest absolute Gasteiger partial charge is 0.171 e. The molecule has 0 bridgehead atoms. The maximum atomic E-state index is 5.96. The van der Waals surface area contributed by atoms with Crippen LogP contribution in [0.3, 0.4) is 0 Å². The van der Waals surface area contributed by atoms with Gasteiger partial charge in [-0.15, -0.1) is 0 Å². The molecule has 1 fully saturated rings. The standard InChI is InChI=1S/C15H25N3O/c1-3-18(13-8-5-4-7-12(13)11-16)15-14(19-2)9-6-10-17-15/h6,9-10,12-13H,3-5,7-8,11,16H2,1-2H3. The second-order valence-electron chi connectivity index (χ2n) is 5.16. The molecular weight excluding hydrogens is 238 g/mol. The lowest BCUT2D eigenvalue weighted by atomic mass is 9.83. The number of hydrogen-bond donors (Lipinski definition) is 1. The molecule has 4 heteroatoms. The molecule has 0 radical (unpaired) electrons. The van der Waals surface area contributed by atoms with E-state index in [4.69, 9.17) is 10.5 Å². The van der Waals surface area contributed by atoms with E-state index in [-0.39, 0.29) is 0 Å². The van der Waals surface area contributed by atoms with Crippen LogP contribution < -0.4 is 15.4 Å². The second-order valence-corrected chi connectivity index (χ2v) is 5.16. The Morgan fingerprint density at radius 1 is 1.42 bits per heavy atom. The lowest BCUT2D eigenvalue weighted by Crippen LogP contribution is -2.45. The van der Waals surface area contributed by atoms with Gasteiger partial charge in [0.15, 0.2) is 11.6 Å². The molecule has 1 heterocycles. The molecule has 2 N–H and O–H groups in total. The van der Waals surface area contributed by atoms with Gasteiger partial charge in [0.2, 0.25) is 0 Å². The molecule has 2 atom stereocenters. The molecule has 0 spiro atoms. The van der Waals surface area contributed by atoms with E-state index in [2.05, 4.69) is 16.8 Å². The number of ether oxygens (including phenoxy) is 1. The van der Waals surface area contributed by atoms with Crippen LogP contribution in [0.4, 0.5) is 5.82 Å². The van der Waals surface area contributed by atoms with Crippen LogP contribution in [-0.2, 0) is 0 Å². The Kier molecular flexibility index (Phi) is 5.02. The fraction of sp³-hybridized carbons (Fsp3) is 0.667. The third-order valence-electron chi connectivity index (χ3n) is 4.16. The topological polar surface area (TPSA) is 51.4 Å². The van der Waals surface area contributed by atoms with Crippen molar-refractivity contribution in [3.63, 3.8) is 0 Å². The van der Waals surface area contributed by atoms with E-state index in [1.165, 1.54) is 25.7 Å². The second kappa shape index (κ2) is 6.75. The Morgan fingerprint density at radius 3 is 2.89 bits per heavy atom. The van der Waals surface area contributed by atoms with E-state index in [9.17, 15) is 0 Å². The normalized spacial score (nSPS) is 23.1. The SMILES string of the molecule is CCN(c1ncccc1OC)C1CCCCC1CN. The van der Waals surface area contributed by atoms with E-state index >= 15 is 0 Å². The van der Waals surface area contributed by atoms with Crippen LogP contribution in [0.2, 0.25) is 0 Å². The molecule has 0 amide bonds. The van der Waals surface area contributed by atoms with Crippen LogP contribution in [0.15, 0.2) is 18.3 Å². The van der Waals surface area contributed by atoms with Gasteiger partial charge < -0.3 is 15.4 Å². The van der Waals surface area contributed by atoms with Crippen LogP contribution in [0.25, 0.3) is 0 Å². The van der Waals surface area contributed by atoms with Gasteiger partial charge in [-0.05, 0) is 44.4 Å². The van der Waals surface area contributed by atoms with E-state index in [1.807, 2.05) is 18.3 Å². The number of rotatable bonds is 5. The summed E-state index contributed by atoms with van der Waals surface area (Å²) in [6, 6.07) is 4.38. The predicted molar refractivity (Wildman–Crippen MR) is 78.6 cm³/mol. The van der Waals surface area contributed by atoms with Gasteiger partial charge in [0.05, 0.1) is 7.11 Å². The number of hydrogen-bond acceptors (Lipinski definition) is 4. The molecular formula is C15H25N3O. The van der Waals surface area contributed by atoms with Crippen LogP contribution >= 0.6 is 0 Å². The number of anilines is 1. The molecule has 0 saturated heterocycles. The van der Waals surface area contributed by atoms with Crippen molar-refractivity contribution in [3.8, 4) is 5.75 Å². The minimum absolute atomic E-state index is 0.493. The van der Waals surface area contributed by atoms with Gasteiger partial charge in [-0.25, -0.2) is 4.98 Å². The van der Waals surface area contributed by atoms with Crippen molar-refractivity contribution >= 4 is 5.82 Å². The molecule has 0 aromatic carbocycles. The first-order valence-electron chi connectivity index (χ1n) is 7.27. The number of pyridine rings is 1. The van der Waals surface area contributed by atoms with Crippen molar-refractivity contribution in [1.29, 1.82) is 0 Å². The minimum Gasteiger partial charge on any atom is -0.493 e. The zero-order chi connectivity index (χ0) is 13.7. The molecule has 0 aliphatic heterocycles. The molecule has 1 aromatic rings. The first-order chi connectivity index (χ1) is 9.31. The first-order valence-corrected chi connectivity index (χ1v) is 7.27. The lowest BCUT2D eigenvalue weighted by Gasteiger charge is -2.40. The van der Waals surface area contributed by atoms with Crippen molar-refractivity contribution in [1.82, 2.24) is 4.98 Å². The summed E-state index contributed by atoms with van der Waals surface area (Å²) < 4.78 is 5.45. The zero-order valence-corrected chi connectivity index (χ0v) is 12.0. The number of nitrogens with two attached hydrogens (primary N) is 1. The van der Waals surface area contributed by atoms with Crippen LogP contribution in [0, 0.1) is 5.92 Å². The van der Waals surface area contributed by atoms with Gasteiger partial charge in [-0.1, -0.05) is 12.8 Å². The number of nitrogens with zero attached hydrogens (tertiary/aromatic N) is 2. The summed E-state index contributed by atoms with van der Waals surface area (Å²) in [7, 11) is 1.70.